The molecule has 0 amide bonds. The number of aliphatic hydroxyl groups excluding tert-OH is 1. The van der Waals surface area contributed by atoms with E-state index in [4.69, 9.17) is 19.3 Å². The molecule has 0 aliphatic heterocycles. The van der Waals surface area contributed by atoms with Gasteiger partial charge in [-0.25, -0.2) is 4.79 Å². The Hall–Kier alpha value is -1.70. The van der Waals surface area contributed by atoms with Crippen LogP contribution in [0.1, 0.15) is 64.7 Å². The Morgan fingerprint density at radius 1 is 1.10 bits per heavy atom. The van der Waals surface area contributed by atoms with E-state index < -0.39 is 18.2 Å². The first-order valence-corrected chi connectivity index (χ1v) is 11.3. The monoisotopic (exact) mass is 440 g/mol. The molecule has 0 aromatic rings. The topological polar surface area (TPSA) is 102 Å². The van der Waals surface area contributed by atoms with Crippen LogP contribution in [0.5, 0.6) is 0 Å². The molecule has 31 heavy (non-hydrogen) atoms. The van der Waals surface area contributed by atoms with Crippen LogP contribution in [0.2, 0.25) is 0 Å². The number of carbonyl (C=O) groups is 2. The van der Waals surface area contributed by atoms with Gasteiger partial charge < -0.3 is 24.4 Å². The Morgan fingerprint density at radius 3 is 2.35 bits per heavy atom. The van der Waals surface area contributed by atoms with E-state index in [1.165, 1.54) is 32.8 Å². The zero-order valence-electron chi connectivity index (χ0n) is 19.1. The maximum Gasteiger partial charge on any atom is 0.335 e. The van der Waals surface area contributed by atoms with Crippen LogP contribution in [0, 0.1) is 17.8 Å². The first kappa shape index (κ1) is 27.3. The molecule has 0 radical (unpaired) electrons. The molecule has 0 heterocycles. The Labute approximate surface area is 186 Å². The third-order valence-electron chi connectivity index (χ3n) is 6.01. The number of rotatable bonds is 16. The molecule has 1 fully saturated rings. The molecule has 1 saturated carbocycles. The van der Waals surface area contributed by atoms with Crippen molar-refractivity contribution in [1.29, 1.82) is 0 Å². The van der Waals surface area contributed by atoms with Gasteiger partial charge >= 0.3 is 11.9 Å². The predicted octanol–water partition coefficient (Wildman–Crippen LogP) is 4.10. The lowest BCUT2D eigenvalue weighted by Crippen LogP contribution is -2.32. The largest absolute Gasteiger partial charge is 0.481 e. The fourth-order valence-corrected chi connectivity index (χ4v) is 4.08. The van der Waals surface area contributed by atoms with Crippen LogP contribution in [0.15, 0.2) is 24.3 Å². The van der Waals surface area contributed by atoms with Gasteiger partial charge in [-0.05, 0) is 30.3 Å². The number of aliphatic hydroxyl groups is 1. The Bertz CT molecular complexity index is 578. The number of hydrogen-bond donors (Lipinski definition) is 2. The molecule has 1 aliphatic carbocycles. The molecule has 7 heteroatoms. The van der Waals surface area contributed by atoms with Gasteiger partial charge in [0.2, 0.25) is 0 Å². The highest BCUT2D eigenvalue weighted by Crippen LogP contribution is 2.36. The number of esters is 1. The van der Waals surface area contributed by atoms with E-state index in [9.17, 15) is 14.7 Å². The summed E-state index contributed by atoms with van der Waals surface area (Å²) in [6.07, 6.45) is 7.65. The Kier molecular flexibility index (Phi) is 13.4. The average Bonchev–Trinajstić information content (AvgIpc) is 2.74. The fraction of sp³-hybridized carbons (Fsp3) is 0.750. The zero-order chi connectivity index (χ0) is 23.2. The Morgan fingerprint density at radius 2 is 1.77 bits per heavy atom. The predicted molar refractivity (Wildman–Crippen MR) is 118 cm³/mol. The van der Waals surface area contributed by atoms with Gasteiger partial charge in [0, 0.05) is 13.0 Å². The number of unbranched alkanes of at least 4 members (excludes halogenated alkanes) is 2. The maximum atomic E-state index is 12.1. The molecular weight excluding hydrogens is 400 g/mol. The van der Waals surface area contributed by atoms with Gasteiger partial charge in [-0.1, -0.05) is 58.6 Å². The second-order valence-corrected chi connectivity index (χ2v) is 8.59. The molecular formula is C24H40O7. The van der Waals surface area contributed by atoms with Crippen molar-refractivity contribution >= 4 is 11.9 Å². The van der Waals surface area contributed by atoms with Gasteiger partial charge in [-0.3, -0.25) is 4.79 Å². The lowest BCUT2D eigenvalue weighted by Gasteiger charge is -2.34. The summed E-state index contributed by atoms with van der Waals surface area (Å²) in [4.78, 5) is 22.9. The molecule has 0 spiro atoms. The Balaban J connectivity index is 2.63. The summed E-state index contributed by atoms with van der Waals surface area (Å²) in [6, 6.07) is 0. The van der Waals surface area contributed by atoms with Crippen molar-refractivity contribution < 1.29 is 34.0 Å². The SMILES string of the molecule is C=C(COC)C(=O)OCC(COC(O)C(=C)CC(=O)O)C1CCC(CCCCC)CC1. The third-order valence-corrected chi connectivity index (χ3v) is 6.01. The van der Waals surface area contributed by atoms with Crippen molar-refractivity contribution in [3.63, 3.8) is 0 Å². The van der Waals surface area contributed by atoms with Gasteiger partial charge in [0.1, 0.15) is 0 Å². The lowest BCUT2D eigenvalue weighted by molar-refractivity contribution is -0.146. The number of carbonyl (C=O) groups excluding carboxylic acids is 1. The third kappa shape index (κ3) is 10.9. The molecule has 2 N–H and O–H groups in total. The van der Waals surface area contributed by atoms with Crippen LogP contribution in [-0.2, 0) is 23.8 Å². The highest BCUT2D eigenvalue weighted by molar-refractivity contribution is 5.87. The van der Waals surface area contributed by atoms with Gasteiger partial charge in [-0.2, -0.15) is 0 Å². The number of carboxylic acid groups (broad SMARTS) is 1. The minimum atomic E-state index is -1.36. The summed E-state index contributed by atoms with van der Waals surface area (Å²) in [5.74, 6) is -0.615. The van der Waals surface area contributed by atoms with Gasteiger partial charge in [0.15, 0.2) is 6.29 Å². The van der Waals surface area contributed by atoms with Gasteiger partial charge in [-0.15, -0.1) is 0 Å². The van der Waals surface area contributed by atoms with E-state index in [1.807, 2.05) is 0 Å². The summed E-state index contributed by atoms with van der Waals surface area (Å²) in [7, 11) is 1.49. The highest BCUT2D eigenvalue weighted by Gasteiger charge is 2.30. The van der Waals surface area contributed by atoms with Crippen LogP contribution in [-0.4, -0.2) is 55.4 Å². The normalized spacial score (nSPS) is 20.6. The molecule has 2 unspecified atom stereocenters. The number of methoxy groups -OCH3 is 1. The van der Waals surface area contributed by atoms with Crippen LogP contribution >= 0.6 is 0 Å². The molecule has 0 saturated heterocycles. The van der Waals surface area contributed by atoms with Gasteiger partial charge in [0.25, 0.3) is 0 Å². The summed E-state index contributed by atoms with van der Waals surface area (Å²) in [5.41, 5.74) is 0.341. The van der Waals surface area contributed by atoms with E-state index in [0.29, 0.717) is 5.92 Å². The number of aliphatic carboxylic acids is 1. The second-order valence-electron chi connectivity index (χ2n) is 8.59. The molecule has 0 bridgehead atoms. The molecule has 178 valence electrons. The minimum Gasteiger partial charge on any atom is -0.481 e. The van der Waals surface area contributed by atoms with Crippen molar-refractivity contribution in [1.82, 2.24) is 0 Å². The van der Waals surface area contributed by atoms with E-state index in [0.717, 1.165) is 31.6 Å². The number of ether oxygens (including phenoxy) is 3. The first-order valence-electron chi connectivity index (χ1n) is 11.3. The average molecular weight is 441 g/mol. The minimum absolute atomic E-state index is 0.0938. The number of carboxylic acids is 1. The molecule has 1 rings (SSSR count). The smallest absolute Gasteiger partial charge is 0.335 e. The summed E-state index contributed by atoms with van der Waals surface area (Å²) >= 11 is 0. The summed E-state index contributed by atoms with van der Waals surface area (Å²) in [5, 5.41) is 18.9. The van der Waals surface area contributed by atoms with Crippen molar-refractivity contribution in [3.8, 4) is 0 Å². The summed E-state index contributed by atoms with van der Waals surface area (Å²) in [6.45, 7) is 9.89. The molecule has 0 aromatic heterocycles. The summed E-state index contributed by atoms with van der Waals surface area (Å²) < 4.78 is 15.9. The standard InChI is InChI=1S/C24H40O7/c1-5-6-7-8-19-9-11-20(12-10-19)21(16-31-24(28)18(3)14-29-4)15-30-23(27)17(2)13-22(25)26/h19-21,23,27H,2-3,5-16H2,1,4H3,(H,25,26). The highest BCUT2D eigenvalue weighted by atomic mass is 16.6. The lowest BCUT2D eigenvalue weighted by atomic mass is 9.75. The van der Waals surface area contributed by atoms with Crippen LogP contribution in [0.3, 0.4) is 0 Å². The van der Waals surface area contributed by atoms with E-state index >= 15 is 0 Å². The second kappa shape index (κ2) is 15.2. The first-order chi connectivity index (χ1) is 14.8. The van der Waals surface area contributed by atoms with Crippen molar-refractivity contribution in [3.05, 3.63) is 24.3 Å². The molecule has 7 nitrogen and oxygen atoms in total. The van der Waals surface area contributed by atoms with E-state index in [1.54, 1.807) is 0 Å². The quantitative estimate of drug-likeness (QED) is 0.122. The van der Waals surface area contributed by atoms with Crippen LogP contribution in [0.4, 0.5) is 0 Å². The molecule has 0 aromatic carbocycles. The van der Waals surface area contributed by atoms with Gasteiger partial charge in [0.05, 0.1) is 31.8 Å². The number of hydrogen-bond acceptors (Lipinski definition) is 6. The molecule has 1 aliphatic rings. The molecule has 2 atom stereocenters. The van der Waals surface area contributed by atoms with E-state index in [-0.39, 0.29) is 43.3 Å². The van der Waals surface area contributed by atoms with Crippen molar-refractivity contribution in [2.24, 2.45) is 17.8 Å². The van der Waals surface area contributed by atoms with E-state index in [2.05, 4.69) is 20.1 Å². The van der Waals surface area contributed by atoms with Crippen LogP contribution < -0.4 is 0 Å². The fourth-order valence-electron chi connectivity index (χ4n) is 4.08. The maximum absolute atomic E-state index is 12.1. The van der Waals surface area contributed by atoms with Crippen molar-refractivity contribution in [2.75, 3.05) is 26.9 Å². The van der Waals surface area contributed by atoms with Crippen molar-refractivity contribution in [2.45, 2.75) is 71.0 Å². The van der Waals surface area contributed by atoms with Crippen LogP contribution in [0.25, 0.3) is 0 Å². The zero-order valence-corrected chi connectivity index (χ0v) is 19.1.